The fourth-order valence-corrected chi connectivity index (χ4v) is 10.1. The fraction of sp³-hybridized carbons (Fsp3) is 0.860. The zero-order chi connectivity index (χ0) is 42.1. The van der Waals surface area contributed by atoms with Gasteiger partial charge < -0.3 is 53.0 Å². The lowest BCUT2D eigenvalue weighted by atomic mass is 9.69. The average molecular weight is 796 g/mol. The molecule has 0 spiro atoms. The SMILES string of the molecule is C=CCO[C@]1(C)C[C@@H](C)C(=O)C(C)[C@@H]2C(=C)CO[C@]2(C)[C@@H](CC)OC(=O)[C@H](C)[C@@H](OC2C[C@@](C)(OC)[C@@H](O)[C@H](C)O2)[C@H](C)[C@H]1O[C@@H]1O[C@H](C)C[C@H](N(C)C)[C@H]1O. The van der Waals surface area contributed by atoms with Gasteiger partial charge in [-0.2, -0.15) is 0 Å². The molecule has 4 rings (SSSR count). The molecule has 4 saturated heterocycles. The molecule has 0 saturated carbocycles. The average Bonchev–Trinajstić information content (AvgIpc) is 3.46. The Hall–Kier alpha value is -1.78. The summed E-state index contributed by atoms with van der Waals surface area (Å²) >= 11 is 0. The summed E-state index contributed by atoms with van der Waals surface area (Å²) < 4.78 is 51.8. The normalized spacial score (nSPS) is 47.3. The minimum Gasteiger partial charge on any atom is -0.459 e. The fourth-order valence-electron chi connectivity index (χ4n) is 10.1. The van der Waals surface area contributed by atoms with Gasteiger partial charge in [-0.25, -0.2) is 0 Å². The Balaban J connectivity index is 1.91. The van der Waals surface area contributed by atoms with Gasteiger partial charge in [-0.1, -0.05) is 40.3 Å². The summed E-state index contributed by atoms with van der Waals surface area (Å²) in [5, 5.41) is 22.8. The van der Waals surface area contributed by atoms with E-state index in [0.717, 1.165) is 5.57 Å². The van der Waals surface area contributed by atoms with Crippen LogP contribution in [0.4, 0.5) is 0 Å². The van der Waals surface area contributed by atoms with E-state index in [1.165, 1.54) is 7.11 Å². The van der Waals surface area contributed by atoms with Gasteiger partial charge in [-0.15, -0.1) is 6.58 Å². The van der Waals surface area contributed by atoms with Gasteiger partial charge in [0.15, 0.2) is 12.6 Å². The lowest BCUT2D eigenvalue weighted by Crippen LogP contribution is -2.61. The van der Waals surface area contributed by atoms with Crippen LogP contribution in [0.5, 0.6) is 0 Å². The molecule has 2 unspecified atom stereocenters. The van der Waals surface area contributed by atoms with E-state index in [1.807, 2.05) is 67.5 Å². The van der Waals surface area contributed by atoms with Crippen LogP contribution >= 0.6 is 0 Å². The number of carbonyl (C=O) groups excluding carboxylic acids is 2. The van der Waals surface area contributed by atoms with Gasteiger partial charge in [0, 0.05) is 43.2 Å². The minimum atomic E-state index is -1.22. The number of ketones is 1. The number of Topliss-reactive ketones (excluding diaryl/α,β-unsaturated/α-hetero) is 1. The molecule has 4 fully saturated rings. The maximum Gasteiger partial charge on any atom is 0.311 e. The third-order valence-electron chi connectivity index (χ3n) is 13.4. The van der Waals surface area contributed by atoms with Crippen LogP contribution in [0.1, 0.15) is 94.9 Å². The van der Waals surface area contributed by atoms with Crippen molar-refractivity contribution in [3.8, 4) is 0 Å². The van der Waals surface area contributed by atoms with Gasteiger partial charge in [0.2, 0.25) is 0 Å². The molecule has 56 heavy (non-hydrogen) atoms. The number of nitrogens with zero attached hydrogens (tertiary/aromatic N) is 1. The molecule has 0 aromatic rings. The maximum absolute atomic E-state index is 14.6. The van der Waals surface area contributed by atoms with E-state index in [2.05, 4.69) is 13.2 Å². The van der Waals surface area contributed by atoms with Crippen molar-refractivity contribution < 1.29 is 57.7 Å². The molecule has 2 N–H and O–H groups in total. The first-order valence-electron chi connectivity index (χ1n) is 20.6. The van der Waals surface area contributed by atoms with Gasteiger partial charge in [-0.3, -0.25) is 9.59 Å². The van der Waals surface area contributed by atoms with E-state index in [1.54, 1.807) is 26.8 Å². The van der Waals surface area contributed by atoms with Crippen LogP contribution in [0.2, 0.25) is 0 Å². The number of ether oxygens (including phenoxy) is 8. The molecule has 0 aromatic heterocycles. The Morgan fingerprint density at radius 1 is 0.964 bits per heavy atom. The van der Waals surface area contributed by atoms with Crippen LogP contribution in [0.25, 0.3) is 0 Å². The quantitative estimate of drug-likeness (QED) is 0.229. The number of fused-ring (bicyclic) bond motifs is 1. The predicted molar refractivity (Wildman–Crippen MR) is 211 cm³/mol. The summed E-state index contributed by atoms with van der Waals surface area (Å²) in [4.78, 5) is 31.2. The molecule has 13 nitrogen and oxygen atoms in total. The van der Waals surface area contributed by atoms with Gasteiger partial charge in [0.05, 0.1) is 54.7 Å². The molecule has 18 atom stereocenters. The topological polar surface area (TPSA) is 152 Å². The zero-order valence-corrected chi connectivity index (χ0v) is 36.3. The number of rotatable bonds is 10. The largest absolute Gasteiger partial charge is 0.459 e. The van der Waals surface area contributed by atoms with Crippen molar-refractivity contribution in [3.05, 3.63) is 24.8 Å². The Kier molecular flexibility index (Phi) is 15.6. The number of likely N-dealkylation sites (N-methyl/N-ethyl adjacent to an activating group) is 1. The number of aliphatic hydroxyl groups is 2. The van der Waals surface area contributed by atoms with Crippen LogP contribution < -0.4 is 0 Å². The van der Waals surface area contributed by atoms with Crippen molar-refractivity contribution in [2.75, 3.05) is 34.4 Å². The summed E-state index contributed by atoms with van der Waals surface area (Å²) in [6, 6.07) is -0.266. The first-order valence-corrected chi connectivity index (χ1v) is 20.6. The molecule has 0 amide bonds. The smallest absolute Gasteiger partial charge is 0.311 e. The highest BCUT2D eigenvalue weighted by Crippen LogP contribution is 2.47. The molecule has 4 heterocycles. The number of hydrogen-bond acceptors (Lipinski definition) is 13. The standard InChI is InChI=1S/C43H73NO12/c1-16-18-50-42(11)20-23(3)34(45)26(6)33-24(4)22-51-43(33,12)31(17-2)54-39(48)28(8)36(55-32-21-41(10,49-15)37(47)29(9)53-32)27(7)38(42)56-40-35(46)30(44(13)14)19-25(5)52-40/h16,23,25-33,35-38,40,46-47H,1,4,17-22H2,2-3,5-15H3/t23-,25-,26?,27+,28-,29+,30+,31-,32?,33+,35-,36+,37+,38-,40+,41-,42-,43-/m1/s1. The van der Waals surface area contributed by atoms with Crippen LogP contribution in [0, 0.1) is 29.6 Å². The summed E-state index contributed by atoms with van der Waals surface area (Å²) in [6.45, 7) is 27.3. The summed E-state index contributed by atoms with van der Waals surface area (Å²) in [7, 11) is 5.35. The van der Waals surface area contributed by atoms with E-state index in [-0.39, 0.29) is 44.0 Å². The van der Waals surface area contributed by atoms with E-state index in [9.17, 15) is 19.8 Å². The number of aliphatic hydroxyl groups excluding tert-OH is 2. The zero-order valence-electron chi connectivity index (χ0n) is 36.3. The molecule has 4 aliphatic rings. The Bertz CT molecular complexity index is 1380. The highest BCUT2D eigenvalue weighted by Gasteiger charge is 2.56. The van der Waals surface area contributed by atoms with E-state index >= 15 is 0 Å². The lowest BCUT2D eigenvalue weighted by Gasteiger charge is -2.50. The van der Waals surface area contributed by atoms with Crippen molar-refractivity contribution in [2.24, 2.45) is 29.6 Å². The summed E-state index contributed by atoms with van der Waals surface area (Å²) in [5.41, 5.74) is -2.46. The van der Waals surface area contributed by atoms with Gasteiger partial charge in [-0.05, 0) is 80.5 Å². The predicted octanol–water partition coefficient (Wildman–Crippen LogP) is 4.85. The number of methoxy groups -OCH3 is 1. The molecule has 322 valence electrons. The highest BCUT2D eigenvalue weighted by molar-refractivity contribution is 5.84. The van der Waals surface area contributed by atoms with Crippen LogP contribution in [0.15, 0.2) is 24.8 Å². The van der Waals surface area contributed by atoms with Gasteiger partial charge in [0.25, 0.3) is 0 Å². The Labute approximate surface area is 335 Å². The van der Waals surface area contributed by atoms with Gasteiger partial charge in [0.1, 0.15) is 29.7 Å². The second-order valence-electron chi connectivity index (χ2n) is 18.0. The van der Waals surface area contributed by atoms with E-state index in [4.69, 9.17) is 37.9 Å². The molecule has 13 heteroatoms. The van der Waals surface area contributed by atoms with Crippen molar-refractivity contribution >= 4 is 11.8 Å². The van der Waals surface area contributed by atoms with Crippen LogP contribution in [-0.4, -0.2) is 139 Å². The first-order chi connectivity index (χ1) is 26.1. The second kappa shape index (κ2) is 18.6. The van der Waals surface area contributed by atoms with Crippen molar-refractivity contribution in [1.29, 1.82) is 0 Å². The van der Waals surface area contributed by atoms with E-state index < -0.39 is 102 Å². The van der Waals surface area contributed by atoms with Crippen LogP contribution in [0.3, 0.4) is 0 Å². The first kappa shape index (κ1) is 46.9. The number of cyclic esters (lactones) is 1. The summed E-state index contributed by atoms with van der Waals surface area (Å²) in [5.74, 6) is -3.58. The van der Waals surface area contributed by atoms with Crippen LogP contribution in [-0.2, 0) is 47.5 Å². The molecule has 0 aliphatic carbocycles. The molecule has 0 radical (unpaired) electrons. The molecular weight excluding hydrogens is 722 g/mol. The minimum absolute atomic E-state index is 0.00985. The molecule has 4 aliphatic heterocycles. The monoisotopic (exact) mass is 796 g/mol. The number of carbonyl (C=O) groups is 2. The maximum atomic E-state index is 14.6. The Morgan fingerprint density at radius 2 is 1.62 bits per heavy atom. The van der Waals surface area contributed by atoms with Gasteiger partial charge >= 0.3 is 5.97 Å². The summed E-state index contributed by atoms with van der Waals surface area (Å²) in [6.07, 6.45) is -4.37. The lowest BCUT2D eigenvalue weighted by molar-refractivity contribution is -0.320. The number of hydrogen-bond donors (Lipinski definition) is 2. The second-order valence-corrected chi connectivity index (χ2v) is 18.0. The van der Waals surface area contributed by atoms with Crippen molar-refractivity contribution in [3.63, 3.8) is 0 Å². The molecule has 0 aromatic carbocycles. The van der Waals surface area contributed by atoms with E-state index in [0.29, 0.717) is 12.8 Å². The Morgan fingerprint density at radius 3 is 2.21 bits per heavy atom. The van der Waals surface area contributed by atoms with Crippen molar-refractivity contribution in [1.82, 2.24) is 4.90 Å². The third-order valence-corrected chi connectivity index (χ3v) is 13.4. The van der Waals surface area contributed by atoms with Crippen molar-refractivity contribution in [2.45, 2.75) is 173 Å². The number of esters is 1. The highest BCUT2D eigenvalue weighted by atomic mass is 16.7. The third kappa shape index (κ3) is 9.48. The molecule has 0 bridgehead atoms. The molecular formula is C43H73NO12.